The second-order valence-corrected chi connectivity index (χ2v) is 6.90. The number of hydrogen-bond acceptors (Lipinski definition) is 4. The van der Waals surface area contributed by atoms with Gasteiger partial charge in [-0.25, -0.2) is 4.98 Å². The zero-order valence-electron chi connectivity index (χ0n) is 13.9. The van der Waals surface area contributed by atoms with Gasteiger partial charge in [0.1, 0.15) is 5.82 Å². The number of ether oxygens (including phenoxy) is 1. The molecule has 1 aliphatic heterocycles. The van der Waals surface area contributed by atoms with Crippen molar-refractivity contribution >= 4 is 0 Å². The van der Waals surface area contributed by atoms with Crippen molar-refractivity contribution < 1.29 is 9.84 Å². The van der Waals surface area contributed by atoms with Gasteiger partial charge in [0.15, 0.2) is 0 Å². The van der Waals surface area contributed by atoms with Gasteiger partial charge in [0.05, 0.1) is 19.3 Å². The minimum atomic E-state index is -0.180. The van der Waals surface area contributed by atoms with Crippen LogP contribution in [0.5, 0.6) is 0 Å². The Hall–Kier alpha value is -1.69. The van der Waals surface area contributed by atoms with E-state index in [1.807, 2.05) is 24.4 Å². The lowest BCUT2D eigenvalue weighted by Gasteiger charge is -2.39. The van der Waals surface area contributed by atoms with Gasteiger partial charge < -0.3 is 14.8 Å². The van der Waals surface area contributed by atoms with Crippen molar-refractivity contribution in [2.45, 2.75) is 38.0 Å². The third-order valence-electron chi connectivity index (χ3n) is 5.36. The lowest BCUT2D eigenvalue weighted by molar-refractivity contribution is -0.0540. The molecule has 2 fully saturated rings. The maximum absolute atomic E-state index is 10.3. The van der Waals surface area contributed by atoms with E-state index in [1.165, 1.54) is 0 Å². The molecule has 1 aromatic carbocycles. The molecule has 0 unspecified atom stereocenters. The SMILES string of the molecule is O[C@@H]1CCC[C@@H]1[C@@H]1COCCN1Cc1cnc(-c2ccccc2)[nH]1. The largest absolute Gasteiger partial charge is 0.393 e. The Balaban J connectivity index is 1.48. The Bertz CT molecular complexity index is 658. The second kappa shape index (κ2) is 7.05. The number of nitrogens with zero attached hydrogens (tertiary/aromatic N) is 2. The highest BCUT2D eigenvalue weighted by Gasteiger charge is 2.37. The molecule has 0 spiro atoms. The summed E-state index contributed by atoms with van der Waals surface area (Å²) in [5.41, 5.74) is 2.22. The number of hydrogen-bond donors (Lipinski definition) is 2. The average Bonchev–Trinajstić information content (AvgIpc) is 3.25. The molecule has 0 amide bonds. The Morgan fingerprint density at radius 3 is 2.92 bits per heavy atom. The predicted molar refractivity (Wildman–Crippen MR) is 92.4 cm³/mol. The molecule has 2 N–H and O–H groups in total. The number of imidazole rings is 1. The topological polar surface area (TPSA) is 61.4 Å². The van der Waals surface area contributed by atoms with Crippen LogP contribution in [0, 0.1) is 5.92 Å². The van der Waals surface area contributed by atoms with Gasteiger partial charge in [-0.3, -0.25) is 4.90 Å². The van der Waals surface area contributed by atoms with Gasteiger partial charge in [-0.1, -0.05) is 36.8 Å². The molecule has 0 bridgehead atoms. The number of aromatic nitrogens is 2. The highest BCUT2D eigenvalue weighted by molar-refractivity contribution is 5.54. The molecule has 1 saturated heterocycles. The first-order valence-corrected chi connectivity index (χ1v) is 8.90. The van der Waals surface area contributed by atoms with E-state index < -0.39 is 0 Å². The Kier molecular flexibility index (Phi) is 4.65. The van der Waals surface area contributed by atoms with E-state index in [2.05, 4.69) is 27.0 Å². The number of nitrogens with one attached hydrogen (secondary N) is 1. The first kappa shape index (κ1) is 15.8. The molecule has 24 heavy (non-hydrogen) atoms. The van der Waals surface area contributed by atoms with Gasteiger partial charge >= 0.3 is 0 Å². The van der Waals surface area contributed by atoms with E-state index in [0.29, 0.717) is 12.0 Å². The lowest BCUT2D eigenvalue weighted by atomic mass is 9.94. The highest BCUT2D eigenvalue weighted by atomic mass is 16.5. The summed E-state index contributed by atoms with van der Waals surface area (Å²) in [7, 11) is 0. The Labute approximate surface area is 142 Å². The summed E-state index contributed by atoms with van der Waals surface area (Å²) >= 11 is 0. The zero-order chi connectivity index (χ0) is 16.4. The Morgan fingerprint density at radius 2 is 2.12 bits per heavy atom. The van der Waals surface area contributed by atoms with E-state index in [1.54, 1.807) is 0 Å². The van der Waals surface area contributed by atoms with Gasteiger partial charge in [-0.05, 0) is 12.8 Å². The summed E-state index contributed by atoms with van der Waals surface area (Å²) in [4.78, 5) is 10.4. The minimum absolute atomic E-state index is 0.180. The molecule has 1 saturated carbocycles. The number of benzene rings is 1. The third kappa shape index (κ3) is 3.24. The van der Waals surface area contributed by atoms with Crippen molar-refractivity contribution in [2.24, 2.45) is 5.92 Å². The van der Waals surface area contributed by atoms with Crippen LogP contribution in [0.2, 0.25) is 0 Å². The molecule has 2 aliphatic rings. The van der Waals surface area contributed by atoms with Crippen molar-refractivity contribution in [3.05, 3.63) is 42.2 Å². The first-order chi connectivity index (χ1) is 11.8. The maximum Gasteiger partial charge on any atom is 0.137 e. The van der Waals surface area contributed by atoms with Crippen LogP contribution in [0.15, 0.2) is 36.5 Å². The summed E-state index contributed by atoms with van der Waals surface area (Å²) in [5, 5.41) is 10.3. The van der Waals surface area contributed by atoms with Gasteiger partial charge in [0.25, 0.3) is 0 Å². The van der Waals surface area contributed by atoms with E-state index in [4.69, 9.17) is 4.74 Å². The quantitative estimate of drug-likeness (QED) is 0.905. The standard InChI is InChI=1S/C19H25N3O2/c23-18-8-4-7-16(18)17-13-24-10-9-22(17)12-15-11-20-19(21-15)14-5-2-1-3-6-14/h1-3,5-6,11,16-18,23H,4,7-10,12-13H2,(H,20,21)/t16-,17+,18-/m1/s1. The number of aliphatic hydroxyl groups excluding tert-OH is 1. The van der Waals surface area contributed by atoms with Crippen molar-refractivity contribution in [3.63, 3.8) is 0 Å². The smallest absolute Gasteiger partial charge is 0.137 e. The first-order valence-electron chi connectivity index (χ1n) is 8.90. The number of morpholine rings is 1. The molecule has 5 heteroatoms. The molecular weight excluding hydrogens is 302 g/mol. The van der Waals surface area contributed by atoms with E-state index in [-0.39, 0.29) is 6.10 Å². The molecule has 128 valence electrons. The fraction of sp³-hybridized carbons (Fsp3) is 0.526. The van der Waals surface area contributed by atoms with Crippen LogP contribution in [-0.2, 0) is 11.3 Å². The summed E-state index contributed by atoms with van der Waals surface area (Å²) in [6.45, 7) is 3.23. The molecule has 2 heterocycles. The van der Waals surface area contributed by atoms with Crippen LogP contribution >= 0.6 is 0 Å². The average molecular weight is 327 g/mol. The van der Waals surface area contributed by atoms with Gasteiger partial charge in [-0.15, -0.1) is 0 Å². The van der Waals surface area contributed by atoms with E-state index in [9.17, 15) is 5.11 Å². The minimum Gasteiger partial charge on any atom is -0.393 e. The monoisotopic (exact) mass is 327 g/mol. The fourth-order valence-electron chi connectivity index (χ4n) is 4.07. The second-order valence-electron chi connectivity index (χ2n) is 6.90. The summed E-state index contributed by atoms with van der Waals surface area (Å²) < 4.78 is 5.71. The van der Waals surface area contributed by atoms with E-state index in [0.717, 1.165) is 62.6 Å². The molecular formula is C19H25N3O2. The third-order valence-corrected chi connectivity index (χ3v) is 5.36. The summed E-state index contributed by atoms with van der Waals surface area (Å²) in [5.74, 6) is 1.25. The molecule has 2 aromatic rings. The zero-order valence-corrected chi connectivity index (χ0v) is 13.9. The number of aromatic amines is 1. The van der Waals surface area contributed by atoms with Crippen LogP contribution in [0.25, 0.3) is 11.4 Å². The summed E-state index contributed by atoms with van der Waals surface area (Å²) in [6, 6.07) is 10.5. The fourth-order valence-corrected chi connectivity index (χ4v) is 4.07. The number of aliphatic hydroxyl groups is 1. The van der Waals surface area contributed by atoms with E-state index >= 15 is 0 Å². The van der Waals surface area contributed by atoms with Crippen LogP contribution < -0.4 is 0 Å². The van der Waals surface area contributed by atoms with Gasteiger partial charge in [0, 0.05) is 42.5 Å². The molecule has 1 aliphatic carbocycles. The van der Waals surface area contributed by atoms with Crippen LogP contribution in [0.3, 0.4) is 0 Å². The van der Waals surface area contributed by atoms with Gasteiger partial charge in [-0.2, -0.15) is 0 Å². The van der Waals surface area contributed by atoms with Gasteiger partial charge in [0.2, 0.25) is 0 Å². The van der Waals surface area contributed by atoms with Crippen LogP contribution in [0.1, 0.15) is 25.0 Å². The van der Waals surface area contributed by atoms with Crippen LogP contribution in [-0.4, -0.2) is 51.9 Å². The maximum atomic E-state index is 10.3. The molecule has 3 atom stereocenters. The number of rotatable bonds is 4. The van der Waals surface area contributed by atoms with Crippen molar-refractivity contribution in [1.29, 1.82) is 0 Å². The van der Waals surface area contributed by atoms with Crippen molar-refractivity contribution in [3.8, 4) is 11.4 Å². The molecule has 1 aromatic heterocycles. The Morgan fingerprint density at radius 1 is 1.25 bits per heavy atom. The number of H-pyrrole nitrogens is 1. The normalized spacial score (nSPS) is 28.3. The molecule has 0 radical (unpaired) electrons. The van der Waals surface area contributed by atoms with Crippen LogP contribution in [0.4, 0.5) is 0 Å². The molecule has 5 nitrogen and oxygen atoms in total. The lowest BCUT2D eigenvalue weighted by Crippen LogP contribution is -2.50. The highest BCUT2D eigenvalue weighted by Crippen LogP contribution is 2.32. The van der Waals surface area contributed by atoms with Crippen molar-refractivity contribution in [2.75, 3.05) is 19.8 Å². The summed E-state index contributed by atoms with van der Waals surface area (Å²) in [6.07, 6.45) is 4.90. The van der Waals surface area contributed by atoms with Crippen molar-refractivity contribution in [1.82, 2.24) is 14.9 Å². The molecule has 4 rings (SSSR count). The predicted octanol–water partition coefficient (Wildman–Crippen LogP) is 2.44.